The number of morpholine rings is 1. The Morgan fingerprint density at radius 1 is 1.00 bits per heavy atom. The zero-order valence-electron chi connectivity index (χ0n) is 13.1. The number of hydrogen-bond acceptors (Lipinski definition) is 4. The third-order valence-electron chi connectivity index (χ3n) is 2.86. The quantitative estimate of drug-likeness (QED) is 0.852. The average Bonchev–Trinajstić information content (AvgIpc) is 3.02. The van der Waals surface area contributed by atoms with Crippen LogP contribution in [-0.4, -0.2) is 41.3 Å². The van der Waals surface area contributed by atoms with E-state index >= 15 is 0 Å². The van der Waals surface area contributed by atoms with Crippen LogP contribution in [0.15, 0.2) is 36.7 Å². The molecule has 2 aromatic rings. The molecule has 2 heterocycles. The van der Waals surface area contributed by atoms with Gasteiger partial charge in [0.05, 0.1) is 31.3 Å². The molecule has 3 rings (SSSR count). The van der Waals surface area contributed by atoms with Gasteiger partial charge >= 0.3 is 0 Å². The van der Waals surface area contributed by atoms with Crippen LogP contribution in [0.4, 0.5) is 5.69 Å². The standard InChI is InChI=1S/C12H14N4O.C4H10/c1-2-11(15-6-8-17-9-7-15)10-12(3-1)16-13-4-5-14-16;1-4(2)3/h1-5,10H,6-9H2;4H,1-3H3. The first kappa shape index (κ1) is 15.5. The van der Waals surface area contributed by atoms with Gasteiger partial charge in [-0.15, -0.1) is 0 Å². The highest BCUT2D eigenvalue weighted by Gasteiger charge is 2.11. The Hall–Kier alpha value is -1.88. The van der Waals surface area contributed by atoms with Crippen LogP contribution >= 0.6 is 0 Å². The topological polar surface area (TPSA) is 43.2 Å². The fraction of sp³-hybridized carbons (Fsp3) is 0.500. The Kier molecular flexibility index (Phi) is 5.75. The maximum absolute atomic E-state index is 5.35. The van der Waals surface area contributed by atoms with Crippen molar-refractivity contribution in [2.24, 2.45) is 5.92 Å². The molecule has 1 saturated heterocycles. The Bertz CT molecular complexity index is 516. The minimum atomic E-state index is 0.796. The highest BCUT2D eigenvalue weighted by Crippen LogP contribution is 2.18. The molecule has 0 amide bonds. The Balaban J connectivity index is 0.000000361. The summed E-state index contributed by atoms with van der Waals surface area (Å²) in [4.78, 5) is 3.94. The summed E-state index contributed by atoms with van der Waals surface area (Å²) in [6.45, 7) is 9.97. The maximum Gasteiger partial charge on any atom is 0.0877 e. The maximum atomic E-state index is 5.35. The van der Waals surface area contributed by atoms with Gasteiger partial charge < -0.3 is 9.64 Å². The van der Waals surface area contributed by atoms with Gasteiger partial charge in [-0.3, -0.25) is 0 Å². The highest BCUT2D eigenvalue weighted by molar-refractivity contribution is 5.52. The van der Waals surface area contributed by atoms with E-state index in [2.05, 4.69) is 48.0 Å². The second kappa shape index (κ2) is 7.78. The van der Waals surface area contributed by atoms with E-state index in [9.17, 15) is 0 Å². The number of rotatable bonds is 2. The van der Waals surface area contributed by atoms with Crippen molar-refractivity contribution in [1.29, 1.82) is 0 Å². The number of anilines is 1. The fourth-order valence-electron chi connectivity index (χ4n) is 1.98. The molecule has 1 aromatic carbocycles. The number of hydrogen-bond donors (Lipinski definition) is 0. The number of benzene rings is 1. The minimum absolute atomic E-state index is 0.796. The van der Waals surface area contributed by atoms with Crippen LogP contribution in [0, 0.1) is 5.92 Å². The van der Waals surface area contributed by atoms with Gasteiger partial charge in [0.15, 0.2) is 0 Å². The summed E-state index contributed by atoms with van der Waals surface area (Å²) in [5.41, 5.74) is 2.18. The monoisotopic (exact) mass is 288 g/mol. The largest absolute Gasteiger partial charge is 0.378 e. The third-order valence-corrected chi connectivity index (χ3v) is 2.86. The van der Waals surface area contributed by atoms with E-state index < -0.39 is 0 Å². The Morgan fingerprint density at radius 3 is 2.19 bits per heavy atom. The first-order valence-corrected chi connectivity index (χ1v) is 7.46. The van der Waals surface area contributed by atoms with E-state index in [1.54, 1.807) is 17.2 Å². The fourth-order valence-corrected chi connectivity index (χ4v) is 1.98. The molecule has 1 aromatic heterocycles. The molecule has 0 radical (unpaired) electrons. The normalized spacial score (nSPS) is 14.8. The molecule has 114 valence electrons. The van der Waals surface area contributed by atoms with Crippen LogP contribution in [-0.2, 0) is 4.74 Å². The summed E-state index contributed by atoms with van der Waals surface area (Å²) in [7, 11) is 0. The minimum Gasteiger partial charge on any atom is -0.378 e. The summed E-state index contributed by atoms with van der Waals surface area (Å²) >= 11 is 0. The average molecular weight is 288 g/mol. The molecule has 21 heavy (non-hydrogen) atoms. The van der Waals surface area contributed by atoms with Crippen LogP contribution in [0.3, 0.4) is 0 Å². The number of ether oxygens (including phenoxy) is 1. The molecule has 1 aliphatic rings. The van der Waals surface area contributed by atoms with Crippen LogP contribution in [0.25, 0.3) is 5.69 Å². The third kappa shape index (κ3) is 4.86. The second-order valence-corrected chi connectivity index (χ2v) is 5.67. The zero-order valence-corrected chi connectivity index (χ0v) is 13.1. The molecule has 0 bridgehead atoms. The molecule has 5 nitrogen and oxygen atoms in total. The Labute approximate surface area is 126 Å². The molecule has 0 saturated carbocycles. The van der Waals surface area contributed by atoms with Gasteiger partial charge in [-0.25, -0.2) is 0 Å². The van der Waals surface area contributed by atoms with Crippen molar-refractivity contribution in [3.05, 3.63) is 36.7 Å². The lowest BCUT2D eigenvalue weighted by atomic mass is 10.2. The van der Waals surface area contributed by atoms with Crippen LogP contribution < -0.4 is 4.90 Å². The van der Waals surface area contributed by atoms with E-state index in [1.807, 2.05) is 12.1 Å². The summed E-state index contributed by atoms with van der Waals surface area (Å²) in [6.07, 6.45) is 3.36. The van der Waals surface area contributed by atoms with Crippen LogP contribution in [0.5, 0.6) is 0 Å². The molecule has 5 heteroatoms. The van der Waals surface area contributed by atoms with E-state index in [4.69, 9.17) is 4.74 Å². The summed E-state index contributed by atoms with van der Waals surface area (Å²) in [5, 5.41) is 8.27. The van der Waals surface area contributed by atoms with E-state index in [-0.39, 0.29) is 0 Å². The van der Waals surface area contributed by atoms with E-state index in [0.717, 1.165) is 37.9 Å². The summed E-state index contributed by atoms with van der Waals surface area (Å²) < 4.78 is 5.35. The van der Waals surface area contributed by atoms with Crippen molar-refractivity contribution in [3.63, 3.8) is 0 Å². The van der Waals surface area contributed by atoms with Gasteiger partial charge in [-0.1, -0.05) is 26.8 Å². The Morgan fingerprint density at radius 2 is 1.57 bits per heavy atom. The van der Waals surface area contributed by atoms with Crippen molar-refractivity contribution in [1.82, 2.24) is 15.0 Å². The molecule has 1 aliphatic heterocycles. The zero-order chi connectivity index (χ0) is 15.1. The first-order chi connectivity index (χ1) is 10.2. The van der Waals surface area contributed by atoms with E-state index in [0.29, 0.717) is 0 Å². The first-order valence-electron chi connectivity index (χ1n) is 7.46. The van der Waals surface area contributed by atoms with E-state index in [1.165, 1.54) is 5.69 Å². The lowest BCUT2D eigenvalue weighted by Crippen LogP contribution is -2.36. The summed E-state index contributed by atoms with van der Waals surface area (Å²) in [6, 6.07) is 8.25. The van der Waals surface area contributed by atoms with Gasteiger partial charge in [0, 0.05) is 18.8 Å². The van der Waals surface area contributed by atoms with Crippen molar-refractivity contribution < 1.29 is 4.74 Å². The summed E-state index contributed by atoms with van der Waals surface area (Å²) in [5.74, 6) is 0.833. The predicted molar refractivity (Wildman–Crippen MR) is 84.9 cm³/mol. The van der Waals surface area contributed by atoms with Gasteiger partial charge in [0.1, 0.15) is 0 Å². The molecular formula is C16H24N4O. The van der Waals surface area contributed by atoms with Crippen molar-refractivity contribution in [2.45, 2.75) is 20.8 Å². The molecule has 0 spiro atoms. The molecular weight excluding hydrogens is 264 g/mol. The molecule has 0 N–H and O–H groups in total. The van der Waals surface area contributed by atoms with Crippen LogP contribution in [0.1, 0.15) is 20.8 Å². The smallest absolute Gasteiger partial charge is 0.0877 e. The molecule has 0 aliphatic carbocycles. The van der Waals surface area contributed by atoms with Gasteiger partial charge in [0.2, 0.25) is 0 Å². The SMILES string of the molecule is CC(C)C.c1cc(N2CCOCC2)cc(-n2nccn2)c1. The predicted octanol–water partition coefficient (Wildman–Crippen LogP) is 2.77. The van der Waals surface area contributed by atoms with Crippen molar-refractivity contribution >= 4 is 5.69 Å². The molecule has 0 unspecified atom stereocenters. The van der Waals surface area contributed by atoms with Gasteiger partial charge in [-0.05, 0) is 24.1 Å². The van der Waals surface area contributed by atoms with Crippen molar-refractivity contribution in [2.75, 3.05) is 31.2 Å². The van der Waals surface area contributed by atoms with Crippen molar-refractivity contribution in [3.8, 4) is 5.69 Å². The second-order valence-electron chi connectivity index (χ2n) is 5.67. The lowest BCUT2D eigenvalue weighted by molar-refractivity contribution is 0.122. The van der Waals surface area contributed by atoms with Gasteiger partial charge in [0.25, 0.3) is 0 Å². The number of nitrogens with zero attached hydrogens (tertiary/aromatic N) is 4. The molecule has 0 atom stereocenters. The highest BCUT2D eigenvalue weighted by atomic mass is 16.5. The van der Waals surface area contributed by atoms with Gasteiger partial charge in [-0.2, -0.15) is 15.0 Å². The van der Waals surface area contributed by atoms with Crippen LogP contribution in [0.2, 0.25) is 0 Å². The molecule has 1 fully saturated rings. The number of aromatic nitrogens is 3. The lowest BCUT2D eigenvalue weighted by Gasteiger charge is -2.29.